The SMILES string of the molecule is O=C1C=C(NCc2ccc3c(c2)OCO3)C[C@@H](c2ccccc2)C1. The first-order valence-corrected chi connectivity index (χ1v) is 8.19. The van der Waals surface area contributed by atoms with Gasteiger partial charge in [0.2, 0.25) is 6.79 Å². The molecule has 0 unspecified atom stereocenters. The summed E-state index contributed by atoms with van der Waals surface area (Å²) in [6.07, 6.45) is 3.19. The molecule has 4 heteroatoms. The molecule has 1 aliphatic heterocycles. The number of rotatable bonds is 4. The van der Waals surface area contributed by atoms with Crippen LogP contribution in [0.1, 0.15) is 29.9 Å². The lowest BCUT2D eigenvalue weighted by atomic mass is 9.85. The highest BCUT2D eigenvalue weighted by molar-refractivity contribution is 5.91. The molecule has 0 bridgehead atoms. The number of carbonyl (C=O) groups is 1. The Morgan fingerprint density at radius 3 is 2.71 bits per heavy atom. The summed E-state index contributed by atoms with van der Waals surface area (Å²) in [6.45, 7) is 0.946. The van der Waals surface area contributed by atoms with Crippen LogP contribution in [0.4, 0.5) is 0 Å². The zero-order valence-corrected chi connectivity index (χ0v) is 13.3. The van der Waals surface area contributed by atoms with E-state index in [-0.39, 0.29) is 18.5 Å². The molecule has 0 amide bonds. The molecule has 2 aromatic carbocycles. The second-order valence-electron chi connectivity index (χ2n) is 6.19. The lowest BCUT2D eigenvalue weighted by molar-refractivity contribution is -0.115. The average Bonchev–Trinajstić information content (AvgIpc) is 3.08. The molecule has 1 N–H and O–H groups in total. The molecule has 0 aromatic heterocycles. The van der Waals surface area contributed by atoms with Crippen LogP contribution in [0.5, 0.6) is 11.5 Å². The van der Waals surface area contributed by atoms with Crippen LogP contribution in [0.3, 0.4) is 0 Å². The van der Waals surface area contributed by atoms with Crippen LogP contribution < -0.4 is 14.8 Å². The second-order valence-corrected chi connectivity index (χ2v) is 6.19. The van der Waals surface area contributed by atoms with Gasteiger partial charge in [0.05, 0.1) is 0 Å². The summed E-state index contributed by atoms with van der Waals surface area (Å²) in [5.74, 6) is 2.01. The minimum atomic E-state index is 0.184. The summed E-state index contributed by atoms with van der Waals surface area (Å²) < 4.78 is 10.7. The minimum Gasteiger partial charge on any atom is -0.454 e. The van der Waals surface area contributed by atoms with Crippen molar-refractivity contribution in [1.82, 2.24) is 5.32 Å². The van der Waals surface area contributed by atoms with Gasteiger partial charge < -0.3 is 14.8 Å². The molecule has 4 rings (SSSR count). The molecule has 0 saturated heterocycles. The number of hydrogen-bond acceptors (Lipinski definition) is 4. The summed E-state index contributed by atoms with van der Waals surface area (Å²) in [5, 5.41) is 3.40. The lowest BCUT2D eigenvalue weighted by Gasteiger charge is -2.23. The summed E-state index contributed by atoms with van der Waals surface area (Å²) in [6, 6.07) is 16.2. The smallest absolute Gasteiger partial charge is 0.231 e. The first kappa shape index (κ1) is 14.8. The molecule has 0 radical (unpaired) electrons. The Morgan fingerprint density at radius 2 is 1.83 bits per heavy atom. The first-order chi connectivity index (χ1) is 11.8. The third kappa shape index (κ3) is 3.13. The van der Waals surface area contributed by atoms with Crippen LogP contribution in [0.25, 0.3) is 0 Å². The van der Waals surface area contributed by atoms with Gasteiger partial charge in [-0.15, -0.1) is 0 Å². The lowest BCUT2D eigenvalue weighted by Crippen LogP contribution is -2.21. The zero-order chi connectivity index (χ0) is 16.4. The Labute approximate surface area is 141 Å². The molecule has 1 aliphatic carbocycles. The third-order valence-corrected chi connectivity index (χ3v) is 4.48. The fourth-order valence-electron chi connectivity index (χ4n) is 3.24. The van der Waals surface area contributed by atoms with Crippen molar-refractivity contribution in [2.75, 3.05) is 6.79 Å². The van der Waals surface area contributed by atoms with Crippen LogP contribution >= 0.6 is 0 Å². The van der Waals surface area contributed by atoms with E-state index in [1.807, 2.05) is 36.4 Å². The van der Waals surface area contributed by atoms with Crippen molar-refractivity contribution in [3.63, 3.8) is 0 Å². The topological polar surface area (TPSA) is 47.6 Å². The zero-order valence-electron chi connectivity index (χ0n) is 13.3. The molecular weight excluding hydrogens is 302 g/mol. The maximum Gasteiger partial charge on any atom is 0.231 e. The molecule has 2 aromatic rings. The van der Waals surface area contributed by atoms with Gasteiger partial charge in [-0.1, -0.05) is 36.4 Å². The Hall–Kier alpha value is -2.75. The fraction of sp³-hybridized carbons (Fsp3) is 0.250. The van der Waals surface area contributed by atoms with Crippen LogP contribution in [0.15, 0.2) is 60.3 Å². The molecular formula is C20H19NO3. The molecule has 0 fully saturated rings. The van der Waals surface area contributed by atoms with Crippen molar-refractivity contribution in [1.29, 1.82) is 0 Å². The number of nitrogens with one attached hydrogen (secondary N) is 1. The summed E-state index contributed by atoms with van der Waals surface area (Å²) in [7, 11) is 0. The van der Waals surface area contributed by atoms with E-state index in [9.17, 15) is 4.79 Å². The van der Waals surface area contributed by atoms with Crippen molar-refractivity contribution in [2.24, 2.45) is 0 Å². The molecule has 1 atom stereocenters. The Balaban J connectivity index is 1.43. The number of ketones is 1. The maximum absolute atomic E-state index is 12.1. The van der Waals surface area contributed by atoms with Gasteiger partial charge in [0.15, 0.2) is 17.3 Å². The number of fused-ring (bicyclic) bond motifs is 1. The van der Waals surface area contributed by atoms with Crippen LogP contribution in [-0.4, -0.2) is 12.6 Å². The van der Waals surface area contributed by atoms with Crippen molar-refractivity contribution in [3.8, 4) is 11.5 Å². The highest BCUT2D eigenvalue weighted by Crippen LogP contribution is 2.33. The van der Waals surface area contributed by atoms with E-state index in [4.69, 9.17) is 9.47 Å². The predicted molar refractivity (Wildman–Crippen MR) is 90.9 cm³/mol. The van der Waals surface area contributed by atoms with Gasteiger partial charge in [0, 0.05) is 24.7 Å². The van der Waals surface area contributed by atoms with Crippen molar-refractivity contribution < 1.29 is 14.3 Å². The number of benzene rings is 2. The van der Waals surface area contributed by atoms with Crippen LogP contribution in [0.2, 0.25) is 0 Å². The Morgan fingerprint density at radius 1 is 1.00 bits per heavy atom. The minimum absolute atomic E-state index is 0.184. The van der Waals surface area contributed by atoms with E-state index in [1.165, 1.54) is 5.56 Å². The number of ether oxygens (including phenoxy) is 2. The summed E-state index contributed by atoms with van der Waals surface area (Å²) >= 11 is 0. The molecule has 0 spiro atoms. The van der Waals surface area contributed by atoms with Crippen molar-refractivity contribution in [3.05, 3.63) is 71.4 Å². The predicted octanol–water partition coefficient (Wildman–Crippen LogP) is 3.54. The van der Waals surface area contributed by atoms with Gasteiger partial charge in [0.25, 0.3) is 0 Å². The molecule has 24 heavy (non-hydrogen) atoms. The van der Waals surface area contributed by atoms with E-state index in [0.717, 1.165) is 29.2 Å². The second kappa shape index (κ2) is 6.40. The average molecular weight is 321 g/mol. The van der Waals surface area contributed by atoms with Crippen LogP contribution in [0, 0.1) is 0 Å². The van der Waals surface area contributed by atoms with E-state index in [0.29, 0.717) is 13.0 Å². The van der Waals surface area contributed by atoms with Crippen molar-refractivity contribution >= 4 is 5.78 Å². The van der Waals surface area contributed by atoms with Gasteiger partial charge in [0.1, 0.15) is 0 Å². The van der Waals surface area contributed by atoms with Crippen LogP contribution in [-0.2, 0) is 11.3 Å². The molecule has 1 heterocycles. The van der Waals surface area contributed by atoms with Gasteiger partial charge in [-0.25, -0.2) is 0 Å². The number of carbonyl (C=O) groups excluding carboxylic acids is 1. The summed E-state index contributed by atoms with van der Waals surface area (Å²) in [4.78, 5) is 12.1. The van der Waals surface area contributed by atoms with E-state index in [1.54, 1.807) is 6.08 Å². The Kier molecular flexibility index (Phi) is 3.95. The molecule has 122 valence electrons. The molecule has 2 aliphatic rings. The summed E-state index contributed by atoms with van der Waals surface area (Å²) in [5.41, 5.74) is 3.33. The highest BCUT2D eigenvalue weighted by atomic mass is 16.7. The number of hydrogen-bond donors (Lipinski definition) is 1. The Bertz CT molecular complexity index is 783. The van der Waals surface area contributed by atoms with Gasteiger partial charge in [-0.05, 0) is 35.6 Å². The highest BCUT2D eigenvalue weighted by Gasteiger charge is 2.22. The third-order valence-electron chi connectivity index (χ3n) is 4.48. The van der Waals surface area contributed by atoms with Gasteiger partial charge in [-0.3, -0.25) is 4.79 Å². The van der Waals surface area contributed by atoms with Crippen molar-refractivity contribution in [2.45, 2.75) is 25.3 Å². The molecule has 4 nitrogen and oxygen atoms in total. The van der Waals surface area contributed by atoms with E-state index < -0.39 is 0 Å². The quantitative estimate of drug-likeness (QED) is 0.936. The van der Waals surface area contributed by atoms with E-state index >= 15 is 0 Å². The first-order valence-electron chi connectivity index (χ1n) is 8.19. The maximum atomic E-state index is 12.1. The standard InChI is InChI=1S/C20H19NO3/c22-18-10-16(15-4-2-1-3-5-15)9-17(11-18)21-12-14-6-7-19-20(8-14)24-13-23-19/h1-8,11,16,21H,9-10,12-13H2/t16-/m1/s1. The largest absolute Gasteiger partial charge is 0.454 e. The van der Waals surface area contributed by atoms with E-state index in [2.05, 4.69) is 17.4 Å². The van der Waals surface area contributed by atoms with Gasteiger partial charge in [-0.2, -0.15) is 0 Å². The fourth-order valence-corrected chi connectivity index (χ4v) is 3.24. The number of allylic oxidation sites excluding steroid dienone is 2. The normalized spacial score (nSPS) is 19.1. The monoisotopic (exact) mass is 321 g/mol. The van der Waals surface area contributed by atoms with Gasteiger partial charge >= 0.3 is 0 Å². The molecule has 0 saturated carbocycles.